The summed E-state index contributed by atoms with van der Waals surface area (Å²) in [7, 11) is -3.22. The molecule has 1 saturated heterocycles. The number of sulfonamides is 1. The summed E-state index contributed by atoms with van der Waals surface area (Å²) in [5.41, 5.74) is 1.63. The van der Waals surface area contributed by atoms with E-state index in [1.165, 1.54) is 6.33 Å². The second kappa shape index (κ2) is 12.5. The summed E-state index contributed by atoms with van der Waals surface area (Å²) in [5.74, 6) is 0.532. The van der Waals surface area contributed by atoms with E-state index in [1.807, 2.05) is 19.1 Å². The number of amides is 1. The Hall–Kier alpha value is -3.01. The number of aromatic nitrogens is 2. The van der Waals surface area contributed by atoms with E-state index in [-0.39, 0.29) is 28.8 Å². The topological polar surface area (TPSA) is 128 Å². The van der Waals surface area contributed by atoms with Crippen LogP contribution in [0.15, 0.2) is 36.7 Å². The van der Waals surface area contributed by atoms with Gasteiger partial charge in [-0.2, -0.15) is 13.2 Å². The average Bonchev–Trinajstić information content (AvgIpc) is 3.51. The predicted molar refractivity (Wildman–Crippen MR) is 162 cm³/mol. The lowest BCUT2D eigenvalue weighted by atomic mass is 9.65. The maximum Gasteiger partial charge on any atom is 0.393 e. The van der Waals surface area contributed by atoms with Crippen molar-refractivity contribution in [1.82, 2.24) is 25.3 Å². The van der Waals surface area contributed by atoms with Crippen molar-refractivity contribution >= 4 is 49.0 Å². The number of alkyl halides is 3. The lowest BCUT2D eigenvalue weighted by Crippen LogP contribution is -2.46. The summed E-state index contributed by atoms with van der Waals surface area (Å²) >= 11 is 1.07. The molecule has 1 aliphatic heterocycles. The van der Waals surface area contributed by atoms with Crippen LogP contribution in [0.1, 0.15) is 41.4 Å². The van der Waals surface area contributed by atoms with Crippen LogP contribution in [0.3, 0.4) is 0 Å². The van der Waals surface area contributed by atoms with Crippen molar-refractivity contribution in [2.24, 2.45) is 5.41 Å². The molecule has 2 aromatic heterocycles. The molecule has 1 spiro atoms. The van der Waals surface area contributed by atoms with Gasteiger partial charge in [0.25, 0.3) is 5.91 Å². The molecule has 1 aliphatic carbocycles. The van der Waals surface area contributed by atoms with Gasteiger partial charge in [0.15, 0.2) is 0 Å². The minimum Gasteiger partial charge on any atom is -0.382 e. The Bertz CT molecular complexity index is 1540. The largest absolute Gasteiger partial charge is 0.393 e. The molecule has 0 radical (unpaired) electrons. The van der Waals surface area contributed by atoms with Gasteiger partial charge in [-0.25, -0.2) is 23.1 Å². The number of halogens is 3. The summed E-state index contributed by atoms with van der Waals surface area (Å²) in [6, 6.07) is 9.11. The van der Waals surface area contributed by atoms with Gasteiger partial charge in [0.05, 0.1) is 18.1 Å². The van der Waals surface area contributed by atoms with Crippen molar-refractivity contribution in [2.45, 2.75) is 50.9 Å². The van der Waals surface area contributed by atoms with Gasteiger partial charge in [-0.3, -0.25) is 4.79 Å². The van der Waals surface area contributed by atoms with Crippen LogP contribution >= 0.6 is 11.3 Å². The normalized spacial score (nSPS) is 21.2. The molecule has 10 nitrogen and oxygen atoms in total. The summed E-state index contributed by atoms with van der Waals surface area (Å²) < 4.78 is 63.4. The van der Waals surface area contributed by atoms with E-state index in [2.05, 4.69) is 35.5 Å². The molecule has 234 valence electrons. The highest BCUT2D eigenvalue weighted by Crippen LogP contribution is 2.50. The van der Waals surface area contributed by atoms with Gasteiger partial charge in [0.1, 0.15) is 17.0 Å². The molecule has 3 aromatic rings. The molecule has 1 aromatic carbocycles. The monoisotopic (exact) mass is 639 g/mol. The number of carbonyl (C=O) groups is 1. The van der Waals surface area contributed by atoms with Gasteiger partial charge in [-0.05, 0) is 61.9 Å². The quantitative estimate of drug-likeness (QED) is 0.222. The molecule has 1 saturated carbocycles. The van der Waals surface area contributed by atoms with Gasteiger partial charge >= 0.3 is 6.18 Å². The molecular formula is C28H36F3N7O3S2. The highest BCUT2D eigenvalue weighted by molar-refractivity contribution is 7.88. The van der Waals surface area contributed by atoms with E-state index in [9.17, 15) is 26.4 Å². The predicted octanol–water partition coefficient (Wildman–Crippen LogP) is 3.52. The van der Waals surface area contributed by atoms with Crippen molar-refractivity contribution in [3.8, 4) is 0 Å². The molecule has 2 aliphatic rings. The van der Waals surface area contributed by atoms with Crippen molar-refractivity contribution in [2.75, 3.05) is 49.2 Å². The number of rotatable bonds is 12. The Kier molecular flexibility index (Phi) is 9.16. The lowest BCUT2D eigenvalue weighted by molar-refractivity contribution is -0.126. The first-order valence-electron chi connectivity index (χ1n) is 14.2. The van der Waals surface area contributed by atoms with Crippen LogP contribution in [0, 0.1) is 5.41 Å². The van der Waals surface area contributed by atoms with Crippen LogP contribution in [-0.2, 0) is 16.4 Å². The fourth-order valence-corrected chi connectivity index (χ4v) is 7.42. The summed E-state index contributed by atoms with van der Waals surface area (Å²) in [6.07, 6.45) is 0.286. The first-order chi connectivity index (χ1) is 20.3. The molecule has 4 N–H and O–H groups in total. The zero-order valence-corrected chi connectivity index (χ0v) is 25.6. The van der Waals surface area contributed by atoms with Crippen molar-refractivity contribution < 1.29 is 26.4 Å². The molecule has 1 amide bonds. The fraction of sp³-hybridized carbons (Fsp3) is 0.536. The third kappa shape index (κ3) is 8.34. The van der Waals surface area contributed by atoms with E-state index >= 15 is 0 Å². The van der Waals surface area contributed by atoms with Crippen molar-refractivity contribution in [3.05, 3.63) is 47.1 Å². The zero-order chi connectivity index (χ0) is 30.8. The summed E-state index contributed by atoms with van der Waals surface area (Å²) in [5, 5.41) is 10.3. The van der Waals surface area contributed by atoms with Crippen LogP contribution in [0.2, 0.25) is 0 Å². The number of fused-ring (bicyclic) bond motifs is 1. The van der Waals surface area contributed by atoms with Gasteiger partial charge in [0, 0.05) is 60.9 Å². The van der Waals surface area contributed by atoms with Crippen LogP contribution in [0.4, 0.5) is 24.7 Å². The first-order valence-corrected chi connectivity index (χ1v) is 16.9. The first kappa shape index (κ1) is 31.4. The van der Waals surface area contributed by atoms with Gasteiger partial charge < -0.3 is 20.9 Å². The number of carbonyl (C=O) groups excluding carboxylic acids is 1. The molecule has 43 heavy (non-hydrogen) atoms. The second-order valence-corrected chi connectivity index (χ2v) is 14.6. The maximum atomic E-state index is 12.9. The molecule has 15 heteroatoms. The molecule has 0 bridgehead atoms. The van der Waals surface area contributed by atoms with Gasteiger partial charge in [-0.15, -0.1) is 11.3 Å². The SMILES string of the molecule is CC(CNCCNS(C)(=O)=O)NC(=O)c1ccc(NC2CC3(CCN(c4ncnc5sc(CC(F)(F)F)cc45)C3)C2)cc1. The van der Waals surface area contributed by atoms with E-state index < -0.39 is 22.6 Å². The Labute approximate surface area is 252 Å². The Morgan fingerprint density at radius 1 is 1.19 bits per heavy atom. The van der Waals surface area contributed by atoms with E-state index in [0.717, 1.165) is 55.6 Å². The Morgan fingerprint density at radius 3 is 2.63 bits per heavy atom. The van der Waals surface area contributed by atoms with Crippen molar-refractivity contribution in [1.29, 1.82) is 0 Å². The molecule has 5 rings (SSSR count). The Balaban J connectivity index is 1.07. The van der Waals surface area contributed by atoms with E-state index in [1.54, 1.807) is 18.2 Å². The standard InChI is InChI=1S/C28H36F3N7O3S2/c1-18(15-32-8-9-35-43(2,40)41)36-25(39)19-3-5-20(6-4-19)37-21-12-27(13-21)7-10-38(16-27)24-23-11-22(14-28(29,30)31)42-26(23)34-17-33-24/h3-6,11,17-18,21,32,35,37H,7-10,12-16H2,1-2H3,(H,36,39). The minimum absolute atomic E-state index is 0.138. The minimum atomic E-state index is -4.26. The highest BCUT2D eigenvalue weighted by Gasteiger charge is 2.49. The number of thiophene rings is 1. The average molecular weight is 640 g/mol. The number of nitrogens with one attached hydrogen (secondary N) is 4. The summed E-state index contributed by atoms with van der Waals surface area (Å²) in [6.45, 7) is 4.73. The molecule has 3 heterocycles. The van der Waals surface area contributed by atoms with Gasteiger partial charge in [0.2, 0.25) is 10.0 Å². The van der Waals surface area contributed by atoms with Crippen LogP contribution in [-0.4, -0.2) is 81.5 Å². The molecule has 2 fully saturated rings. The van der Waals surface area contributed by atoms with E-state index in [4.69, 9.17) is 0 Å². The van der Waals surface area contributed by atoms with Crippen molar-refractivity contribution in [3.63, 3.8) is 0 Å². The number of hydrogen-bond acceptors (Lipinski definition) is 9. The van der Waals surface area contributed by atoms with Gasteiger partial charge in [-0.1, -0.05) is 0 Å². The third-order valence-electron chi connectivity index (χ3n) is 7.84. The smallest absolute Gasteiger partial charge is 0.382 e. The highest BCUT2D eigenvalue weighted by atomic mass is 32.2. The number of hydrogen-bond donors (Lipinski definition) is 4. The maximum absolute atomic E-state index is 12.9. The number of nitrogens with zero attached hydrogens (tertiary/aromatic N) is 3. The second-order valence-electron chi connectivity index (χ2n) is 11.7. The fourth-order valence-electron chi connectivity index (χ4n) is 5.92. The van der Waals surface area contributed by atoms with Crippen LogP contribution in [0.25, 0.3) is 10.2 Å². The molecule has 1 unspecified atom stereocenters. The van der Waals surface area contributed by atoms with Crippen LogP contribution < -0.4 is 25.6 Å². The van der Waals surface area contributed by atoms with E-state index in [0.29, 0.717) is 40.7 Å². The number of benzene rings is 1. The Morgan fingerprint density at radius 2 is 1.93 bits per heavy atom. The third-order valence-corrected chi connectivity index (χ3v) is 9.61. The molecular weight excluding hydrogens is 603 g/mol. The summed E-state index contributed by atoms with van der Waals surface area (Å²) in [4.78, 5) is 24.3. The van der Waals surface area contributed by atoms with Crippen LogP contribution in [0.5, 0.6) is 0 Å². The zero-order valence-electron chi connectivity index (χ0n) is 24.0. The number of anilines is 2. The molecule has 1 atom stereocenters. The lowest BCUT2D eigenvalue weighted by Gasteiger charge is -2.46.